The van der Waals surface area contributed by atoms with Crippen LogP contribution < -0.4 is 11.1 Å². The van der Waals surface area contributed by atoms with Crippen molar-refractivity contribution in [2.45, 2.75) is 6.10 Å². The van der Waals surface area contributed by atoms with Crippen molar-refractivity contribution >= 4 is 27.5 Å². The summed E-state index contributed by atoms with van der Waals surface area (Å²) < 4.78 is 13.3. The maximum absolute atomic E-state index is 13.1. The molecule has 1 unspecified atom stereocenters. The second-order valence-corrected chi connectivity index (χ2v) is 5.38. The van der Waals surface area contributed by atoms with Crippen LogP contribution in [0.25, 0.3) is 0 Å². The van der Waals surface area contributed by atoms with E-state index in [0.717, 1.165) is 0 Å². The number of aliphatic hydroxyl groups is 1. The molecule has 4 nitrogen and oxygen atoms in total. The maximum atomic E-state index is 13.1. The van der Waals surface area contributed by atoms with Gasteiger partial charge in [0.05, 0.1) is 10.6 Å². The van der Waals surface area contributed by atoms with E-state index in [9.17, 15) is 14.3 Å². The molecule has 1 atom stereocenters. The molecule has 21 heavy (non-hydrogen) atoms. The number of carbonyl (C=O) groups is 1. The normalized spacial score (nSPS) is 12.0. The van der Waals surface area contributed by atoms with Crippen LogP contribution in [-0.2, 0) is 0 Å². The first-order chi connectivity index (χ1) is 9.97. The van der Waals surface area contributed by atoms with Crippen molar-refractivity contribution in [1.29, 1.82) is 0 Å². The van der Waals surface area contributed by atoms with E-state index in [-0.39, 0.29) is 16.9 Å². The van der Waals surface area contributed by atoms with Crippen LogP contribution in [0.2, 0.25) is 0 Å². The van der Waals surface area contributed by atoms with E-state index < -0.39 is 11.9 Å². The molecule has 110 valence electrons. The number of nitrogens with one attached hydrogen (secondary N) is 1. The van der Waals surface area contributed by atoms with E-state index in [4.69, 9.17) is 5.73 Å². The zero-order valence-corrected chi connectivity index (χ0v) is 12.6. The predicted octanol–water partition coefficient (Wildman–Crippen LogP) is 2.63. The first-order valence-electron chi connectivity index (χ1n) is 6.24. The molecule has 0 aliphatic heterocycles. The third kappa shape index (κ3) is 4.03. The van der Waals surface area contributed by atoms with Crippen molar-refractivity contribution in [2.75, 3.05) is 12.3 Å². The number of hydrogen-bond donors (Lipinski definition) is 3. The van der Waals surface area contributed by atoms with E-state index in [1.165, 1.54) is 18.2 Å². The molecule has 0 heterocycles. The summed E-state index contributed by atoms with van der Waals surface area (Å²) in [5.74, 6) is -0.821. The minimum absolute atomic E-state index is 0.0533. The molecule has 6 heteroatoms. The lowest BCUT2D eigenvalue weighted by Gasteiger charge is -2.12. The van der Waals surface area contributed by atoms with Gasteiger partial charge >= 0.3 is 0 Å². The summed E-state index contributed by atoms with van der Waals surface area (Å²) in [4.78, 5) is 11.9. The highest BCUT2D eigenvalue weighted by atomic mass is 79.9. The number of hydrogen-bond acceptors (Lipinski definition) is 3. The summed E-state index contributed by atoms with van der Waals surface area (Å²) in [6, 6.07) is 10.7. The van der Waals surface area contributed by atoms with Gasteiger partial charge in [-0.25, -0.2) is 4.39 Å². The van der Waals surface area contributed by atoms with Crippen molar-refractivity contribution in [3.8, 4) is 0 Å². The molecule has 0 radical (unpaired) electrons. The van der Waals surface area contributed by atoms with Crippen molar-refractivity contribution in [3.05, 3.63) is 63.9 Å². The molecule has 0 bridgehead atoms. The maximum Gasteiger partial charge on any atom is 0.251 e. The van der Waals surface area contributed by atoms with Gasteiger partial charge in [0.1, 0.15) is 5.82 Å². The van der Waals surface area contributed by atoms with Gasteiger partial charge in [0.2, 0.25) is 0 Å². The highest BCUT2D eigenvalue weighted by Crippen LogP contribution is 2.17. The van der Waals surface area contributed by atoms with E-state index in [0.29, 0.717) is 16.8 Å². The Balaban J connectivity index is 1.97. The molecule has 1 amide bonds. The predicted molar refractivity (Wildman–Crippen MR) is 82.2 cm³/mol. The summed E-state index contributed by atoms with van der Waals surface area (Å²) in [6.45, 7) is 0.0533. The molecular weight excluding hydrogens is 339 g/mol. The van der Waals surface area contributed by atoms with Crippen molar-refractivity contribution in [1.82, 2.24) is 5.32 Å². The average Bonchev–Trinajstić information content (AvgIpc) is 2.48. The van der Waals surface area contributed by atoms with Crippen LogP contribution in [0.15, 0.2) is 46.9 Å². The molecule has 4 N–H and O–H groups in total. The van der Waals surface area contributed by atoms with Crippen LogP contribution in [0.1, 0.15) is 22.0 Å². The molecular formula is C15H14BrFN2O2. The van der Waals surface area contributed by atoms with Crippen molar-refractivity contribution in [2.24, 2.45) is 0 Å². The van der Waals surface area contributed by atoms with Crippen molar-refractivity contribution in [3.63, 3.8) is 0 Å². The van der Waals surface area contributed by atoms with Gasteiger partial charge in [0.25, 0.3) is 5.91 Å². The second-order valence-electron chi connectivity index (χ2n) is 4.52. The lowest BCUT2D eigenvalue weighted by atomic mass is 10.1. The fourth-order valence-corrected chi connectivity index (χ4v) is 2.14. The largest absolute Gasteiger partial charge is 0.399 e. The first-order valence-corrected chi connectivity index (χ1v) is 7.03. The van der Waals surface area contributed by atoms with E-state index in [1.54, 1.807) is 24.3 Å². The topological polar surface area (TPSA) is 75.3 Å². The fraction of sp³-hybridized carbons (Fsp3) is 0.133. The summed E-state index contributed by atoms with van der Waals surface area (Å²) >= 11 is 3.02. The minimum Gasteiger partial charge on any atom is -0.399 e. The number of nitrogen functional groups attached to an aromatic ring is 1. The van der Waals surface area contributed by atoms with Crippen LogP contribution in [0.3, 0.4) is 0 Å². The number of nitrogens with two attached hydrogens (primary N) is 1. The standard InChI is InChI=1S/C15H14BrFN2O2/c16-12-7-10(3-6-13(12)17)15(21)19-8-14(20)9-1-4-11(18)5-2-9/h1-7,14,20H,8,18H2,(H,19,21). The Kier molecular flexibility index (Phi) is 4.93. The molecule has 0 saturated heterocycles. The molecule has 0 aliphatic rings. The Morgan fingerprint density at radius 1 is 1.29 bits per heavy atom. The summed E-state index contributed by atoms with van der Waals surface area (Å²) in [7, 11) is 0. The van der Waals surface area contributed by atoms with Crippen LogP contribution in [-0.4, -0.2) is 17.6 Å². The molecule has 0 fully saturated rings. The third-order valence-electron chi connectivity index (χ3n) is 2.96. The number of carbonyl (C=O) groups excluding carboxylic acids is 1. The van der Waals surface area contributed by atoms with Gasteiger partial charge in [-0.15, -0.1) is 0 Å². The van der Waals surface area contributed by atoms with Gasteiger partial charge < -0.3 is 16.2 Å². The minimum atomic E-state index is -0.835. The molecule has 0 saturated carbocycles. The van der Waals surface area contributed by atoms with E-state index in [1.807, 2.05) is 0 Å². The lowest BCUT2D eigenvalue weighted by Crippen LogP contribution is -2.28. The zero-order valence-electron chi connectivity index (χ0n) is 11.0. The molecule has 0 aromatic heterocycles. The average molecular weight is 353 g/mol. The number of rotatable bonds is 4. The Hall–Kier alpha value is -1.92. The quantitative estimate of drug-likeness (QED) is 0.740. The third-order valence-corrected chi connectivity index (χ3v) is 3.57. The molecule has 2 aromatic rings. The number of amides is 1. The Bertz CT molecular complexity index is 647. The highest BCUT2D eigenvalue weighted by Gasteiger charge is 2.12. The SMILES string of the molecule is Nc1ccc(C(O)CNC(=O)c2ccc(F)c(Br)c2)cc1. The van der Waals surface area contributed by atoms with E-state index >= 15 is 0 Å². The highest BCUT2D eigenvalue weighted by molar-refractivity contribution is 9.10. The first kappa shape index (κ1) is 15.5. The van der Waals surface area contributed by atoms with Gasteiger partial charge in [-0.3, -0.25) is 4.79 Å². The Morgan fingerprint density at radius 2 is 1.95 bits per heavy atom. The van der Waals surface area contributed by atoms with Crippen LogP contribution in [0.4, 0.5) is 10.1 Å². The lowest BCUT2D eigenvalue weighted by molar-refractivity contribution is 0.0916. The Labute approximate surface area is 129 Å². The number of aliphatic hydroxyl groups excluding tert-OH is 1. The molecule has 0 spiro atoms. The fourth-order valence-electron chi connectivity index (χ4n) is 1.76. The summed E-state index contributed by atoms with van der Waals surface area (Å²) in [6.07, 6.45) is -0.835. The van der Waals surface area contributed by atoms with Gasteiger partial charge in [0, 0.05) is 17.8 Å². The van der Waals surface area contributed by atoms with E-state index in [2.05, 4.69) is 21.2 Å². The van der Waals surface area contributed by atoms with Crippen LogP contribution in [0, 0.1) is 5.82 Å². The zero-order chi connectivity index (χ0) is 15.4. The molecule has 2 rings (SSSR count). The van der Waals surface area contributed by atoms with Crippen LogP contribution >= 0.6 is 15.9 Å². The van der Waals surface area contributed by atoms with Gasteiger partial charge in [0.15, 0.2) is 0 Å². The smallest absolute Gasteiger partial charge is 0.251 e. The Morgan fingerprint density at radius 3 is 2.57 bits per heavy atom. The summed E-state index contributed by atoms with van der Waals surface area (Å²) in [5, 5.41) is 12.6. The monoisotopic (exact) mass is 352 g/mol. The second kappa shape index (κ2) is 6.69. The van der Waals surface area contributed by atoms with Gasteiger partial charge in [-0.1, -0.05) is 12.1 Å². The van der Waals surface area contributed by atoms with Crippen molar-refractivity contribution < 1.29 is 14.3 Å². The number of halogens is 2. The summed E-state index contributed by atoms with van der Waals surface area (Å²) in [5.41, 5.74) is 7.14. The number of benzene rings is 2. The molecule has 2 aromatic carbocycles. The van der Waals surface area contributed by atoms with Crippen LogP contribution in [0.5, 0.6) is 0 Å². The molecule has 0 aliphatic carbocycles. The van der Waals surface area contributed by atoms with Gasteiger partial charge in [-0.2, -0.15) is 0 Å². The number of anilines is 1. The van der Waals surface area contributed by atoms with Gasteiger partial charge in [-0.05, 0) is 51.8 Å².